The van der Waals surface area contributed by atoms with Crippen molar-refractivity contribution in [2.24, 2.45) is 5.73 Å². The summed E-state index contributed by atoms with van der Waals surface area (Å²) < 4.78 is 0. The zero-order valence-electron chi connectivity index (χ0n) is 8.86. The van der Waals surface area contributed by atoms with Crippen molar-refractivity contribution in [1.29, 1.82) is 0 Å². The number of amides is 3. The van der Waals surface area contributed by atoms with Gasteiger partial charge in [-0.25, -0.2) is 4.79 Å². The van der Waals surface area contributed by atoms with Crippen LogP contribution in [-0.4, -0.2) is 47.5 Å². The fraction of sp³-hybridized carbons (Fsp3) is 0.778. The van der Waals surface area contributed by atoms with Crippen LogP contribution in [0.4, 0.5) is 4.79 Å². The summed E-state index contributed by atoms with van der Waals surface area (Å²) in [5.74, 6) is 0.646. The molecule has 3 N–H and O–H groups in total. The molecule has 0 aromatic heterocycles. The number of rotatable bonds is 6. The number of nitrogens with one attached hydrogen (secondary N) is 1. The highest BCUT2D eigenvalue weighted by molar-refractivity contribution is 7.99. The molecule has 6 heteroatoms. The van der Waals surface area contributed by atoms with Crippen molar-refractivity contribution in [3.05, 3.63) is 0 Å². The maximum Gasteiger partial charge on any atom is 0.324 e. The largest absolute Gasteiger partial charge is 0.330 e. The van der Waals surface area contributed by atoms with Gasteiger partial charge in [-0.2, -0.15) is 11.8 Å². The van der Waals surface area contributed by atoms with Gasteiger partial charge in [-0.05, 0) is 13.0 Å². The van der Waals surface area contributed by atoms with E-state index in [2.05, 4.69) is 12.2 Å². The summed E-state index contributed by atoms with van der Waals surface area (Å²) in [7, 11) is 0. The summed E-state index contributed by atoms with van der Waals surface area (Å²) in [4.78, 5) is 23.6. The van der Waals surface area contributed by atoms with E-state index in [9.17, 15) is 9.59 Å². The van der Waals surface area contributed by atoms with Crippen LogP contribution >= 0.6 is 11.8 Å². The first-order valence-corrected chi connectivity index (χ1v) is 6.10. The number of thioether (sulfide) groups is 1. The number of nitrogens with two attached hydrogens (primary N) is 1. The van der Waals surface area contributed by atoms with Gasteiger partial charge >= 0.3 is 6.03 Å². The van der Waals surface area contributed by atoms with E-state index >= 15 is 0 Å². The number of carbonyl (C=O) groups is 2. The van der Waals surface area contributed by atoms with E-state index in [1.165, 1.54) is 4.90 Å². The highest BCUT2D eigenvalue weighted by atomic mass is 32.2. The number of nitrogens with zero attached hydrogens (tertiary/aromatic N) is 1. The molecule has 0 bridgehead atoms. The monoisotopic (exact) mass is 231 g/mol. The van der Waals surface area contributed by atoms with Crippen molar-refractivity contribution in [1.82, 2.24) is 10.2 Å². The Bertz CT molecular complexity index is 232. The smallest absolute Gasteiger partial charge is 0.324 e. The Morgan fingerprint density at radius 2 is 2.33 bits per heavy atom. The van der Waals surface area contributed by atoms with E-state index in [4.69, 9.17) is 5.73 Å². The van der Waals surface area contributed by atoms with Crippen LogP contribution < -0.4 is 11.1 Å². The SMILES string of the molecule is CC(CCN)SCCN1C(=O)CNC1=O. The number of carbonyl (C=O) groups excluding carboxylic acids is 2. The minimum Gasteiger partial charge on any atom is -0.330 e. The third-order valence-corrected chi connectivity index (χ3v) is 3.45. The zero-order chi connectivity index (χ0) is 11.3. The fourth-order valence-electron chi connectivity index (χ4n) is 1.34. The van der Waals surface area contributed by atoms with E-state index in [-0.39, 0.29) is 18.5 Å². The first kappa shape index (κ1) is 12.3. The average Bonchev–Trinajstić information content (AvgIpc) is 2.49. The normalized spacial score (nSPS) is 18.1. The van der Waals surface area contributed by atoms with Gasteiger partial charge in [-0.1, -0.05) is 6.92 Å². The number of hydrogen-bond acceptors (Lipinski definition) is 4. The molecule has 3 amide bonds. The Kier molecular flexibility index (Phi) is 4.90. The number of urea groups is 1. The van der Waals surface area contributed by atoms with Crippen LogP contribution in [0.25, 0.3) is 0 Å². The molecule has 1 atom stereocenters. The van der Waals surface area contributed by atoms with Gasteiger partial charge in [0, 0.05) is 17.5 Å². The summed E-state index contributed by atoms with van der Waals surface area (Å²) in [6, 6.07) is -0.271. The van der Waals surface area contributed by atoms with E-state index in [0.717, 1.165) is 12.2 Å². The topological polar surface area (TPSA) is 75.4 Å². The lowest BCUT2D eigenvalue weighted by Crippen LogP contribution is -2.33. The maximum absolute atomic E-state index is 11.2. The van der Waals surface area contributed by atoms with E-state index in [1.807, 2.05) is 0 Å². The van der Waals surface area contributed by atoms with Gasteiger partial charge in [-0.15, -0.1) is 0 Å². The Labute approximate surface area is 93.7 Å². The van der Waals surface area contributed by atoms with Crippen LogP contribution in [0.3, 0.4) is 0 Å². The highest BCUT2D eigenvalue weighted by Crippen LogP contribution is 2.13. The quantitative estimate of drug-likeness (QED) is 0.631. The van der Waals surface area contributed by atoms with Gasteiger partial charge in [0.2, 0.25) is 5.91 Å². The highest BCUT2D eigenvalue weighted by Gasteiger charge is 2.27. The van der Waals surface area contributed by atoms with Gasteiger partial charge < -0.3 is 11.1 Å². The first-order valence-electron chi connectivity index (χ1n) is 5.05. The zero-order valence-corrected chi connectivity index (χ0v) is 9.68. The fourth-order valence-corrected chi connectivity index (χ4v) is 2.34. The van der Waals surface area contributed by atoms with Crippen molar-refractivity contribution in [3.63, 3.8) is 0 Å². The molecule has 5 nitrogen and oxygen atoms in total. The van der Waals surface area contributed by atoms with Gasteiger partial charge in [0.05, 0.1) is 6.54 Å². The molecule has 1 saturated heterocycles. The standard InChI is InChI=1S/C9H17N3O2S/c1-7(2-3-10)15-5-4-12-8(13)6-11-9(12)14/h7H,2-6,10H2,1H3,(H,11,14). The molecule has 1 rings (SSSR count). The van der Waals surface area contributed by atoms with Gasteiger partial charge in [0.1, 0.15) is 0 Å². The van der Waals surface area contributed by atoms with Crippen LogP contribution in [0.1, 0.15) is 13.3 Å². The Morgan fingerprint density at radius 1 is 1.60 bits per heavy atom. The lowest BCUT2D eigenvalue weighted by molar-refractivity contribution is -0.124. The number of imide groups is 1. The summed E-state index contributed by atoms with van der Waals surface area (Å²) in [6.45, 7) is 3.41. The molecule has 1 aliphatic rings. The first-order chi connectivity index (χ1) is 7.15. The molecule has 0 saturated carbocycles. The van der Waals surface area contributed by atoms with Crippen LogP contribution in [0.15, 0.2) is 0 Å². The van der Waals surface area contributed by atoms with Crippen LogP contribution in [-0.2, 0) is 4.79 Å². The van der Waals surface area contributed by atoms with Crippen molar-refractivity contribution in [2.45, 2.75) is 18.6 Å². The summed E-state index contributed by atoms with van der Waals surface area (Å²) in [5.41, 5.74) is 5.43. The molecular weight excluding hydrogens is 214 g/mol. The summed E-state index contributed by atoms with van der Waals surface area (Å²) in [6.07, 6.45) is 0.963. The Hall–Kier alpha value is -0.750. The van der Waals surface area contributed by atoms with E-state index < -0.39 is 0 Å². The molecule has 1 unspecified atom stereocenters. The van der Waals surface area contributed by atoms with Crippen molar-refractivity contribution in [3.8, 4) is 0 Å². The third kappa shape index (κ3) is 3.71. The average molecular weight is 231 g/mol. The van der Waals surface area contributed by atoms with Crippen molar-refractivity contribution >= 4 is 23.7 Å². The Balaban J connectivity index is 2.19. The predicted molar refractivity (Wildman–Crippen MR) is 60.7 cm³/mol. The summed E-state index contributed by atoms with van der Waals surface area (Å²) >= 11 is 1.74. The van der Waals surface area contributed by atoms with Crippen molar-refractivity contribution in [2.75, 3.05) is 25.4 Å². The molecule has 0 aromatic rings. The molecule has 1 aliphatic heterocycles. The van der Waals surface area contributed by atoms with Crippen LogP contribution in [0.2, 0.25) is 0 Å². The number of hydrogen-bond donors (Lipinski definition) is 2. The molecule has 86 valence electrons. The Morgan fingerprint density at radius 3 is 2.87 bits per heavy atom. The lowest BCUT2D eigenvalue weighted by Gasteiger charge is -2.14. The van der Waals surface area contributed by atoms with Crippen molar-refractivity contribution < 1.29 is 9.59 Å². The van der Waals surface area contributed by atoms with E-state index in [1.54, 1.807) is 11.8 Å². The van der Waals surface area contributed by atoms with E-state index in [0.29, 0.717) is 18.3 Å². The molecule has 15 heavy (non-hydrogen) atoms. The summed E-state index contributed by atoms with van der Waals surface area (Å²) in [5, 5.41) is 2.97. The minimum absolute atomic E-state index is 0.132. The second-order valence-corrected chi connectivity index (χ2v) is 5.01. The maximum atomic E-state index is 11.2. The lowest BCUT2D eigenvalue weighted by atomic mass is 10.3. The minimum atomic E-state index is -0.271. The van der Waals surface area contributed by atoms with Gasteiger partial charge in [0.15, 0.2) is 0 Å². The molecule has 0 aliphatic carbocycles. The molecule has 1 heterocycles. The molecule has 0 radical (unpaired) electrons. The predicted octanol–water partition coefficient (Wildman–Crippen LogP) is 0.00870. The molecular formula is C9H17N3O2S. The van der Waals surface area contributed by atoms with Gasteiger partial charge in [0.25, 0.3) is 0 Å². The second-order valence-electron chi connectivity index (χ2n) is 3.46. The molecule has 0 aromatic carbocycles. The van der Waals surface area contributed by atoms with Crippen LogP contribution in [0.5, 0.6) is 0 Å². The van der Waals surface area contributed by atoms with Crippen LogP contribution in [0, 0.1) is 0 Å². The molecule has 1 fully saturated rings. The second kappa shape index (κ2) is 5.97. The third-order valence-electron chi connectivity index (χ3n) is 2.23. The molecule has 0 spiro atoms. The van der Waals surface area contributed by atoms with Gasteiger partial charge in [-0.3, -0.25) is 9.69 Å².